The van der Waals surface area contributed by atoms with Crippen molar-refractivity contribution in [2.24, 2.45) is 64.6 Å². The molecule has 0 N–H and O–H groups in total. The van der Waals surface area contributed by atoms with Gasteiger partial charge in [0.05, 0.1) is 6.10 Å². The predicted molar refractivity (Wildman–Crippen MR) is 249 cm³/mol. The molecule has 0 spiro atoms. The molecule has 13 unspecified atom stereocenters. The van der Waals surface area contributed by atoms with Crippen LogP contribution in [0.2, 0.25) is 0 Å². The molecule has 1 nitrogen and oxygen atoms in total. The number of halogens is 2. The fourth-order valence-electron chi connectivity index (χ4n) is 12.7. The van der Waals surface area contributed by atoms with E-state index in [0.717, 1.165) is 53.3 Å². The molecule has 0 radical (unpaired) electrons. The zero-order valence-electron chi connectivity index (χ0n) is 40.0. The second kappa shape index (κ2) is 19.5. The summed E-state index contributed by atoms with van der Waals surface area (Å²) in [5, 5.41) is 0. The van der Waals surface area contributed by atoms with Crippen molar-refractivity contribution < 1.29 is 25.6 Å². The molecule has 0 bridgehead atoms. The monoisotopic (exact) mass is 899 g/mol. The van der Waals surface area contributed by atoms with Crippen LogP contribution in [0.3, 0.4) is 0 Å². The minimum atomic E-state index is -0.826. The summed E-state index contributed by atoms with van der Waals surface area (Å²) in [6, 6.07) is 17.7. The molecular formula is C53H86Cl2OZr. The molecule has 2 aromatic rings. The number of benzene rings is 2. The van der Waals surface area contributed by atoms with Crippen LogP contribution in [0.1, 0.15) is 182 Å². The summed E-state index contributed by atoms with van der Waals surface area (Å²) in [5.41, 5.74) is 8.27. The van der Waals surface area contributed by atoms with Crippen LogP contribution < -0.4 is 0 Å². The number of hydrogen-bond donors (Lipinski definition) is 0. The average molecular weight is 901 g/mol. The second-order valence-corrected chi connectivity index (χ2v) is 27.3. The summed E-state index contributed by atoms with van der Waals surface area (Å²) in [4.78, 5) is 0. The Morgan fingerprint density at radius 1 is 0.579 bits per heavy atom. The first-order chi connectivity index (χ1) is 25.4. The van der Waals surface area contributed by atoms with Crippen molar-refractivity contribution in [2.45, 2.75) is 177 Å². The Morgan fingerprint density at radius 3 is 1.47 bits per heavy atom. The Bertz CT molecular complexity index is 1520. The van der Waals surface area contributed by atoms with Gasteiger partial charge in [0.25, 0.3) is 0 Å². The van der Waals surface area contributed by atoms with Gasteiger partial charge in [-0.15, -0.1) is 0 Å². The minimum absolute atomic E-state index is 0. The maximum absolute atomic E-state index is 6.74. The summed E-state index contributed by atoms with van der Waals surface area (Å²) in [6.07, 6.45) is 8.64. The van der Waals surface area contributed by atoms with Crippen molar-refractivity contribution in [1.29, 1.82) is 0 Å². The van der Waals surface area contributed by atoms with Crippen molar-refractivity contribution in [1.82, 2.24) is 0 Å². The molecule has 0 aromatic heterocycles. The molecule has 322 valence electrons. The van der Waals surface area contributed by atoms with Crippen LogP contribution in [0.4, 0.5) is 0 Å². The topological polar surface area (TPSA) is 9.23 Å². The molecule has 6 rings (SSSR count). The summed E-state index contributed by atoms with van der Waals surface area (Å²) in [7, 11) is 11.9. The second-order valence-electron chi connectivity index (χ2n) is 23.5. The first-order valence-corrected chi connectivity index (χ1v) is 28.5. The molecule has 4 heteroatoms. The number of ether oxygens (including phenoxy) is 1. The van der Waals surface area contributed by atoms with Gasteiger partial charge in [-0.1, -0.05) is 146 Å². The van der Waals surface area contributed by atoms with Crippen molar-refractivity contribution >= 4 is 17.0 Å². The van der Waals surface area contributed by atoms with Crippen LogP contribution in [0, 0.1) is 79.4 Å². The summed E-state index contributed by atoms with van der Waals surface area (Å²) in [6.45, 7) is 36.8. The van der Waals surface area contributed by atoms with E-state index < -0.39 is 20.8 Å². The van der Waals surface area contributed by atoms with Gasteiger partial charge in [-0.3, -0.25) is 0 Å². The van der Waals surface area contributed by atoms with Crippen LogP contribution in [-0.4, -0.2) is 13.2 Å². The molecule has 0 heterocycles. The third-order valence-corrected chi connectivity index (χ3v) is 15.7. The van der Waals surface area contributed by atoms with Gasteiger partial charge in [0.2, 0.25) is 0 Å². The molecule has 0 amide bonds. The van der Waals surface area contributed by atoms with Crippen LogP contribution in [0.5, 0.6) is 0 Å². The van der Waals surface area contributed by atoms with E-state index in [1.807, 2.05) is 7.11 Å². The molecule has 13 atom stereocenters. The van der Waals surface area contributed by atoms with E-state index in [0.29, 0.717) is 17.8 Å². The van der Waals surface area contributed by atoms with Gasteiger partial charge in [-0.2, -0.15) is 0 Å². The first kappa shape index (κ1) is 51.2. The Kier molecular flexibility index (Phi) is 17.5. The van der Waals surface area contributed by atoms with Gasteiger partial charge >= 0.3 is 37.9 Å². The average Bonchev–Trinajstić information content (AvgIpc) is 3.56. The van der Waals surface area contributed by atoms with E-state index in [1.165, 1.54) is 55.2 Å². The molecule has 57 heavy (non-hydrogen) atoms. The number of hydrogen-bond acceptors (Lipinski definition) is 1. The van der Waals surface area contributed by atoms with Crippen LogP contribution in [-0.2, 0) is 41.8 Å². The van der Waals surface area contributed by atoms with Gasteiger partial charge in [0.1, 0.15) is 0 Å². The van der Waals surface area contributed by atoms with Crippen molar-refractivity contribution in [3.05, 3.63) is 85.1 Å². The summed E-state index contributed by atoms with van der Waals surface area (Å²) in [5.74, 6) is 9.01. The Labute approximate surface area is 373 Å². The zero-order valence-corrected chi connectivity index (χ0v) is 43.9. The standard InChI is InChI=1S/C51H80O.2CH3.2ClH.Zr/c1-30-21-40(33-17-19-35(20-18-33)48(4,5)6)42-23-31(2)38(41(42)22-30)28-39-32(3)24-44-43(39)29-45(51(13,14)15)47(52-16)46(44)34-25-36(49(7,8)9)27-37(26-34)50(10,11)12;;;;;/h17-20,25-27,30-32,38-47H,21-24,28-29H2,1-16H3;2*1H3;2*1H;/q;2*-1;;;+4/p-2. The van der Waals surface area contributed by atoms with Crippen LogP contribution >= 0.6 is 17.0 Å². The van der Waals surface area contributed by atoms with Gasteiger partial charge < -0.3 is 19.6 Å². The molecule has 4 fully saturated rings. The van der Waals surface area contributed by atoms with Crippen LogP contribution in [0.25, 0.3) is 0 Å². The number of fused-ring (bicyclic) bond motifs is 2. The quantitative estimate of drug-likeness (QED) is 0.272. The molecule has 4 saturated carbocycles. The molecule has 0 aliphatic heterocycles. The van der Waals surface area contributed by atoms with Crippen molar-refractivity contribution in [3.63, 3.8) is 0 Å². The molecular weight excluding hydrogens is 815 g/mol. The third kappa shape index (κ3) is 11.3. The van der Waals surface area contributed by atoms with Crippen LogP contribution in [0.15, 0.2) is 42.5 Å². The van der Waals surface area contributed by atoms with Gasteiger partial charge in [0.15, 0.2) is 0 Å². The first-order valence-electron chi connectivity index (χ1n) is 22.2. The number of rotatable bonds is 5. The van der Waals surface area contributed by atoms with Gasteiger partial charge in [-0.25, -0.2) is 0 Å². The molecule has 4 aliphatic rings. The van der Waals surface area contributed by atoms with Gasteiger partial charge in [-0.05, 0) is 153 Å². The Hall–Kier alpha value is -0.137. The molecule has 4 aliphatic carbocycles. The SMILES string of the molecule is COC1C(c2cc(C(C)(C)C)cc(C(C)(C)C)c2)C2CC(C)C(CC3C(C)CC4C(c5ccc(C(C)(C)C)cc5)CC(C)CC34)C2CC1C(C)(C)C.[CH3-].[CH3-].[Cl][Zr+2][Cl]. The number of methoxy groups -OCH3 is 1. The zero-order chi connectivity index (χ0) is 41.0. The van der Waals surface area contributed by atoms with E-state index in [-0.39, 0.29) is 42.6 Å². The van der Waals surface area contributed by atoms with Crippen molar-refractivity contribution in [3.8, 4) is 0 Å². The molecule has 2 aromatic carbocycles. The normalized spacial score (nSPS) is 34.1. The van der Waals surface area contributed by atoms with E-state index in [1.54, 1.807) is 11.1 Å². The fourth-order valence-corrected chi connectivity index (χ4v) is 12.7. The van der Waals surface area contributed by atoms with E-state index in [4.69, 9.17) is 21.8 Å². The van der Waals surface area contributed by atoms with Gasteiger partial charge in [0, 0.05) is 13.0 Å². The summed E-state index contributed by atoms with van der Waals surface area (Å²) >= 11 is -0.826. The summed E-state index contributed by atoms with van der Waals surface area (Å²) < 4.78 is 6.74. The Balaban J connectivity index is 0.00000169. The maximum atomic E-state index is 6.74. The Morgan fingerprint density at radius 2 is 1.04 bits per heavy atom. The van der Waals surface area contributed by atoms with E-state index in [9.17, 15) is 0 Å². The molecule has 0 saturated heterocycles. The fraction of sp³-hybridized carbons (Fsp3) is 0.736. The van der Waals surface area contributed by atoms with E-state index >= 15 is 0 Å². The third-order valence-electron chi connectivity index (χ3n) is 15.7. The van der Waals surface area contributed by atoms with E-state index in [2.05, 4.69) is 146 Å². The van der Waals surface area contributed by atoms with Crippen molar-refractivity contribution in [2.75, 3.05) is 7.11 Å². The predicted octanol–water partition coefficient (Wildman–Crippen LogP) is 16.4.